The van der Waals surface area contributed by atoms with Crippen LogP contribution in [-0.4, -0.2) is 33.4 Å². The molecule has 0 amide bonds. The van der Waals surface area contributed by atoms with Gasteiger partial charge in [-0.15, -0.1) is 0 Å². The van der Waals surface area contributed by atoms with Crippen LogP contribution in [0, 0.1) is 11.2 Å². The summed E-state index contributed by atoms with van der Waals surface area (Å²) in [6.45, 7) is 0.582. The lowest BCUT2D eigenvalue weighted by molar-refractivity contribution is -0.182. The fourth-order valence-electron chi connectivity index (χ4n) is 2.11. The molecule has 1 aliphatic heterocycles. The third-order valence-corrected chi connectivity index (χ3v) is 3.15. The first-order chi connectivity index (χ1) is 8.61. The zero-order valence-corrected chi connectivity index (χ0v) is 10.4. The second kappa shape index (κ2) is 4.94. The Balaban J connectivity index is 2.27. The summed E-state index contributed by atoms with van der Waals surface area (Å²) in [6.07, 6.45) is 0.348. The number of carbonyl (C=O) groups excluding carboxylic acids is 1. The zero-order valence-electron chi connectivity index (χ0n) is 10.4. The highest BCUT2D eigenvalue weighted by atomic mass is 19.1. The van der Waals surface area contributed by atoms with Crippen LogP contribution in [0.15, 0.2) is 18.2 Å². The number of hydrogen-bond acceptors (Lipinski definition) is 4. The van der Waals surface area contributed by atoms with Gasteiger partial charge in [0.05, 0.1) is 27.4 Å². The van der Waals surface area contributed by atoms with E-state index >= 15 is 0 Å². The van der Waals surface area contributed by atoms with Crippen LogP contribution in [0.1, 0.15) is 5.56 Å². The lowest BCUT2D eigenvalue weighted by Crippen LogP contribution is -2.51. The van der Waals surface area contributed by atoms with Crippen LogP contribution in [0.2, 0.25) is 0 Å². The van der Waals surface area contributed by atoms with Gasteiger partial charge in [0, 0.05) is 0 Å². The molecule has 0 saturated carbocycles. The highest BCUT2D eigenvalue weighted by Crippen LogP contribution is 2.36. The molecule has 4 nitrogen and oxygen atoms in total. The normalized spacial score (nSPS) is 16.8. The summed E-state index contributed by atoms with van der Waals surface area (Å²) in [5.41, 5.74) is -0.0678. The molecule has 0 bridgehead atoms. The van der Waals surface area contributed by atoms with Gasteiger partial charge in [0.15, 0.2) is 0 Å². The number of benzene rings is 1. The molecule has 0 unspecified atom stereocenters. The van der Waals surface area contributed by atoms with Gasteiger partial charge >= 0.3 is 5.97 Å². The molecule has 1 saturated heterocycles. The Morgan fingerprint density at radius 1 is 1.44 bits per heavy atom. The van der Waals surface area contributed by atoms with Crippen molar-refractivity contribution in [3.63, 3.8) is 0 Å². The van der Waals surface area contributed by atoms with E-state index in [9.17, 15) is 9.18 Å². The third kappa shape index (κ3) is 2.18. The Morgan fingerprint density at radius 2 is 2.17 bits per heavy atom. The van der Waals surface area contributed by atoms with E-state index in [0.29, 0.717) is 30.9 Å². The molecule has 18 heavy (non-hydrogen) atoms. The summed E-state index contributed by atoms with van der Waals surface area (Å²) in [4.78, 5) is 11.8. The maximum Gasteiger partial charge on any atom is 0.316 e. The number of rotatable bonds is 4. The predicted molar refractivity (Wildman–Crippen MR) is 61.9 cm³/mol. The molecule has 2 rings (SSSR count). The molecule has 1 aromatic rings. The highest BCUT2D eigenvalue weighted by molar-refractivity contribution is 5.78. The van der Waals surface area contributed by atoms with Crippen LogP contribution in [0.4, 0.5) is 4.39 Å². The van der Waals surface area contributed by atoms with Gasteiger partial charge in [-0.2, -0.15) is 0 Å². The quantitative estimate of drug-likeness (QED) is 0.765. The Hall–Kier alpha value is -1.62. The van der Waals surface area contributed by atoms with Gasteiger partial charge in [-0.25, -0.2) is 4.39 Å². The van der Waals surface area contributed by atoms with Crippen LogP contribution in [0.5, 0.6) is 5.75 Å². The molecule has 0 aromatic heterocycles. The van der Waals surface area contributed by atoms with E-state index in [0.717, 1.165) is 0 Å². The van der Waals surface area contributed by atoms with Crippen molar-refractivity contribution in [2.24, 2.45) is 5.41 Å². The minimum atomic E-state index is -0.712. The molecule has 1 fully saturated rings. The lowest BCUT2D eigenvalue weighted by Gasteiger charge is -2.38. The predicted octanol–water partition coefficient (Wildman–Crippen LogP) is 1.57. The van der Waals surface area contributed by atoms with E-state index in [1.165, 1.54) is 26.4 Å². The van der Waals surface area contributed by atoms with Crippen molar-refractivity contribution in [1.82, 2.24) is 0 Å². The van der Waals surface area contributed by atoms with Crippen LogP contribution in [0.25, 0.3) is 0 Å². The summed E-state index contributed by atoms with van der Waals surface area (Å²) >= 11 is 0. The van der Waals surface area contributed by atoms with Crippen molar-refractivity contribution in [2.45, 2.75) is 6.42 Å². The Morgan fingerprint density at radius 3 is 2.67 bits per heavy atom. The number of esters is 1. The molecule has 1 aromatic carbocycles. The van der Waals surface area contributed by atoms with E-state index in [-0.39, 0.29) is 11.8 Å². The van der Waals surface area contributed by atoms with Crippen molar-refractivity contribution in [2.75, 3.05) is 27.4 Å². The lowest BCUT2D eigenvalue weighted by atomic mass is 9.79. The van der Waals surface area contributed by atoms with E-state index < -0.39 is 5.41 Å². The second-order valence-corrected chi connectivity index (χ2v) is 4.40. The molecule has 0 N–H and O–H groups in total. The largest absolute Gasteiger partial charge is 0.496 e. The fraction of sp³-hybridized carbons (Fsp3) is 0.462. The molecule has 1 heterocycles. The first kappa shape index (κ1) is 12.8. The molecule has 0 radical (unpaired) electrons. The van der Waals surface area contributed by atoms with E-state index in [1.54, 1.807) is 6.07 Å². The minimum Gasteiger partial charge on any atom is -0.496 e. The zero-order chi connectivity index (χ0) is 13.2. The molecule has 5 heteroatoms. The summed E-state index contributed by atoms with van der Waals surface area (Å²) in [5, 5.41) is 0. The maximum absolute atomic E-state index is 13.3. The molecule has 0 spiro atoms. The number of halogens is 1. The molecule has 98 valence electrons. The van der Waals surface area contributed by atoms with Crippen LogP contribution in [-0.2, 0) is 20.7 Å². The highest BCUT2D eigenvalue weighted by Gasteiger charge is 2.47. The van der Waals surface area contributed by atoms with Crippen molar-refractivity contribution >= 4 is 5.97 Å². The average molecular weight is 254 g/mol. The van der Waals surface area contributed by atoms with Gasteiger partial charge in [0.25, 0.3) is 0 Å². The van der Waals surface area contributed by atoms with Crippen molar-refractivity contribution in [3.05, 3.63) is 29.6 Å². The van der Waals surface area contributed by atoms with E-state index in [4.69, 9.17) is 14.2 Å². The van der Waals surface area contributed by atoms with Crippen molar-refractivity contribution < 1.29 is 23.4 Å². The van der Waals surface area contributed by atoms with Crippen molar-refractivity contribution in [3.8, 4) is 5.75 Å². The first-order valence-electron chi connectivity index (χ1n) is 5.60. The monoisotopic (exact) mass is 254 g/mol. The average Bonchev–Trinajstić information content (AvgIpc) is 2.33. The Kier molecular flexibility index (Phi) is 3.52. The van der Waals surface area contributed by atoms with E-state index in [2.05, 4.69) is 0 Å². The molecule has 0 atom stereocenters. The third-order valence-electron chi connectivity index (χ3n) is 3.15. The fourth-order valence-corrected chi connectivity index (χ4v) is 2.11. The summed E-state index contributed by atoms with van der Waals surface area (Å²) in [5.74, 6) is -0.127. The summed E-state index contributed by atoms with van der Waals surface area (Å²) in [7, 11) is 2.85. The topological polar surface area (TPSA) is 44.8 Å². The van der Waals surface area contributed by atoms with Gasteiger partial charge in [0.1, 0.15) is 17.0 Å². The van der Waals surface area contributed by atoms with E-state index in [1.807, 2.05) is 0 Å². The molecule has 1 aliphatic rings. The standard InChI is InChI=1S/C13H15FO4/c1-16-11-4-3-10(14)5-9(11)6-13(7-18-8-13)12(15)17-2/h3-5H,6-8H2,1-2H3. The number of methoxy groups -OCH3 is 2. The minimum absolute atomic E-state index is 0.291. The van der Waals surface area contributed by atoms with Crippen molar-refractivity contribution in [1.29, 1.82) is 0 Å². The molecular formula is C13H15FO4. The summed E-state index contributed by atoms with van der Waals surface area (Å²) in [6, 6.07) is 4.25. The van der Waals surface area contributed by atoms with Gasteiger partial charge in [-0.3, -0.25) is 4.79 Å². The number of carbonyl (C=O) groups is 1. The Labute approximate surface area is 105 Å². The second-order valence-electron chi connectivity index (χ2n) is 4.40. The van der Waals surface area contributed by atoms with Crippen LogP contribution >= 0.6 is 0 Å². The smallest absolute Gasteiger partial charge is 0.316 e. The SMILES string of the molecule is COC(=O)C1(Cc2cc(F)ccc2OC)COC1. The number of hydrogen-bond donors (Lipinski definition) is 0. The van der Waals surface area contributed by atoms with Gasteiger partial charge < -0.3 is 14.2 Å². The molecule has 0 aliphatic carbocycles. The maximum atomic E-state index is 13.3. The van der Waals surface area contributed by atoms with Gasteiger partial charge in [0.2, 0.25) is 0 Å². The molecular weight excluding hydrogens is 239 g/mol. The number of ether oxygens (including phenoxy) is 3. The first-order valence-corrected chi connectivity index (χ1v) is 5.60. The summed E-state index contributed by atoms with van der Waals surface area (Å²) < 4.78 is 28.3. The van der Waals surface area contributed by atoms with Gasteiger partial charge in [-0.1, -0.05) is 0 Å². The Bertz CT molecular complexity index is 454. The van der Waals surface area contributed by atoms with Gasteiger partial charge in [-0.05, 0) is 30.2 Å². The van der Waals surface area contributed by atoms with Crippen LogP contribution in [0.3, 0.4) is 0 Å². The van der Waals surface area contributed by atoms with Crippen LogP contribution < -0.4 is 4.74 Å².